The number of ketones is 1. The molecule has 146 valence electrons. The van der Waals surface area contributed by atoms with E-state index < -0.39 is 0 Å². The molecule has 28 heavy (non-hydrogen) atoms. The number of anilines is 2. The number of hydrogen-bond donors (Lipinski definition) is 2. The molecule has 2 amide bonds. The third-order valence-corrected chi connectivity index (χ3v) is 4.79. The van der Waals surface area contributed by atoms with Gasteiger partial charge in [0.05, 0.1) is 12.8 Å². The minimum Gasteiger partial charge on any atom is -0.495 e. The number of carbonyl (C=O) groups excluding carboxylic acids is 3. The van der Waals surface area contributed by atoms with Crippen molar-refractivity contribution < 1.29 is 19.1 Å². The molecule has 0 fully saturated rings. The normalized spacial score (nSPS) is 12.2. The van der Waals surface area contributed by atoms with Crippen LogP contribution in [-0.4, -0.2) is 24.7 Å². The molecular weight excluding hydrogens is 356 g/mol. The number of carbonyl (C=O) groups is 3. The minimum absolute atomic E-state index is 0.0381. The molecule has 1 aliphatic rings. The topological polar surface area (TPSA) is 84.5 Å². The lowest BCUT2D eigenvalue weighted by Gasteiger charge is -2.12. The molecule has 1 aliphatic carbocycles. The van der Waals surface area contributed by atoms with Crippen LogP contribution < -0.4 is 15.4 Å². The van der Waals surface area contributed by atoms with Gasteiger partial charge in [0, 0.05) is 31.0 Å². The fourth-order valence-corrected chi connectivity index (χ4v) is 3.42. The Labute approximate surface area is 164 Å². The number of fused-ring (bicyclic) bond motifs is 1. The van der Waals surface area contributed by atoms with E-state index in [1.165, 1.54) is 25.2 Å². The number of rotatable bonds is 7. The van der Waals surface area contributed by atoms with Crippen molar-refractivity contribution >= 4 is 29.0 Å². The van der Waals surface area contributed by atoms with Crippen molar-refractivity contribution in [2.24, 2.45) is 0 Å². The largest absolute Gasteiger partial charge is 0.495 e. The second-order valence-corrected chi connectivity index (χ2v) is 6.90. The first-order valence-electron chi connectivity index (χ1n) is 9.37. The molecule has 0 spiro atoms. The van der Waals surface area contributed by atoms with Gasteiger partial charge in [-0.25, -0.2) is 0 Å². The molecule has 0 aromatic heterocycles. The minimum atomic E-state index is -0.284. The lowest BCUT2D eigenvalue weighted by molar-refractivity contribution is -0.116. The van der Waals surface area contributed by atoms with E-state index in [0.717, 1.165) is 19.3 Å². The molecule has 2 aromatic carbocycles. The van der Waals surface area contributed by atoms with Crippen molar-refractivity contribution in [3.05, 3.63) is 53.1 Å². The predicted octanol–water partition coefficient (Wildman–Crippen LogP) is 3.74. The van der Waals surface area contributed by atoms with Crippen molar-refractivity contribution in [2.75, 3.05) is 17.7 Å². The van der Waals surface area contributed by atoms with Crippen molar-refractivity contribution in [1.82, 2.24) is 0 Å². The van der Waals surface area contributed by atoms with Gasteiger partial charge in [0.25, 0.3) is 0 Å². The van der Waals surface area contributed by atoms with Crippen LogP contribution in [0.1, 0.15) is 47.7 Å². The highest BCUT2D eigenvalue weighted by Gasteiger charge is 2.16. The van der Waals surface area contributed by atoms with Gasteiger partial charge in [0.15, 0.2) is 5.78 Å². The Hall–Kier alpha value is -3.15. The average molecular weight is 380 g/mol. The van der Waals surface area contributed by atoms with Crippen LogP contribution in [0.3, 0.4) is 0 Å². The quantitative estimate of drug-likeness (QED) is 0.717. The average Bonchev–Trinajstić information content (AvgIpc) is 3.13. The van der Waals surface area contributed by atoms with Crippen LogP contribution >= 0.6 is 0 Å². The maximum atomic E-state index is 12.4. The Kier molecular flexibility index (Phi) is 6.09. The van der Waals surface area contributed by atoms with Crippen molar-refractivity contribution in [1.29, 1.82) is 0 Å². The SMILES string of the molecule is COc1ccc(NC(C)=O)cc1NC(=O)CCC(=O)c1ccc2c(c1)CCC2. The molecular formula is C22H24N2O4. The molecule has 6 heteroatoms. The summed E-state index contributed by atoms with van der Waals surface area (Å²) < 4.78 is 5.25. The molecule has 2 N–H and O–H groups in total. The van der Waals surface area contributed by atoms with Crippen molar-refractivity contribution in [2.45, 2.75) is 39.0 Å². The van der Waals surface area contributed by atoms with Crippen molar-refractivity contribution in [3.63, 3.8) is 0 Å². The van der Waals surface area contributed by atoms with E-state index in [0.29, 0.717) is 22.7 Å². The number of Topliss-reactive ketones (excluding diaryl/α,β-unsaturated/α-hetero) is 1. The Balaban J connectivity index is 1.61. The highest BCUT2D eigenvalue weighted by Crippen LogP contribution is 2.28. The maximum absolute atomic E-state index is 12.4. The molecule has 6 nitrogen and oxygen atoms in total. The summed E-state index contributed by atoms with van der Waals surface area (Å²) in [5, 5.41) is 5.42. The van der Waals surface area contributed by atoms with E-state index in [4.69, 9.17) is 4.74 Å². The third-order valence-electron chi connectivity index (χ3n) is 4.79. The van der Waals surface area contributed by atoms with Gasteiger partial charge in [-0.3, -0.25) is 14.4 Å². The van der Waals surface area contributed by atoms with E-state index >= 15 is 0 Å². The van der Waals surface area contributed by atoms with Gasteiger partial charge in [-0.15, -0.1) is 0 Å². The standard InChI is InChI=1S/C22H24N2O4/c1-14(25)23-18-8-10-21(28-2)19(13-18)24-22(27)11-9-20(26)17-7-6-15-4-3-5-16(15)12-17/h6-8,10,12-13H,3-5,9,11H2,1-2H3,(H,23,25)(H,24,27). The molecule has 0 unspecified atom stereocenters. The van der Waals surface area contributed by atoms with E-state index in [1.54, 1.807) is 18.2 Å². The first-order valence-corrected chi connectivity index (χ1v) is 9.37. The number of amides is 2. The lowest BCUT2D eigenvalue weighted by atomic mass is 10.0. The second kappa shape index (κ2) is 8.69. The molecule has 0 aliphatic heterocycles. The van der Waals surface area contributed by atoms with Crippen LogP contribution in [0.25, 0.3) is 0 Å². The smallest absolute Gasteiger partial charge is 0.224 e. The highest BCUT2D eigenvalue weighted by atomic mass is 16.5. The van der Waals surface area contributed by atoms with Crippen LogP contribution in [-0.2, 0) is 22.4 Å². The maximum Gasteiger partial charge on any atom is 0.224 e. The Morgan fingerprint density at radius 1 is 0.964 bits per heavy atom. The predicted molar refractivity (Wildman–Crippen MR) is 108 cm³/mol. The summed E-state index contributed by atoms with van der Waals surface area (Å²) >= 11 is 0. The van der Waals surface area contributed by atoms with Crippen molar-refractivity contribution in [3.8, 4) is 5.75 Å². The molecule has 2 aromatic rings. The number of methoxy groups -OCH3 is 1. The monoisotopic (exact) mass is 380 g/mol. The number of hydrogen-bond acceptors (Lipinski definition) is 4. The molecule has 0 atom stereocenters. The van der Waals surface area contributed by atoms with E-state index in [9.17, 15) is 14.4 Å². The summed E-state index contributed by atoms with van der Waals surface area (Å²) in [6.45, 7) is 1.41. The summed E-state index contributed by atoms with van der Waals surface area (Å²) in [4.78, 5) is 36.0. The van der Waals surface area contributed by atoms with E-state index in [2.05, 4.69) is 10.6 Å². The Morgan fingerprint density at radius 3 is 2.50 bits per heavy atom. The zero-order valence-corrected chi connectivity index (χ0v) is 16.1. The summed E-state index contributed by atoms with van der Waals surface area (Å²) in [7, 11) is 1.50. The first-order chi connectivity index (χ1) is 13.5. The van der Waals surface area contributed by atoms with E-state index in [-0.39, 0.29) is 30.4 Å². The first kappa shape index (κ1) is 19.6. The van der Waals surface area contributed by atoms with Crippen LogP contribution in [0.4, 0.5) is 11.4 Å². The van der Waals surface area contributed by atoms with Gasteiger partial charge in [-0.2, -0.15) is 0 Å². The van der Waals surface area contributed by atoms with Gasteiger partial charge >= 0.3 is 0 Å². The molecule has 0 radical (unpaired) electrons. The zero-order chi connectivity index (χ0) is 20.1. The Bertz CT molecular complexity index is 921. The van der Waals surface area contributed by atoms with Crippen LogP contribution in [0.5, 0.6) is 5.75 Å². The van der Waals surface area contributed by atoms with Gasteiger partial charge in [0.1, 0.15) is 5.75 Å². The number of ether oxygens (including phenoxy) is 1. The molecule has 3 rings (SSSR count). The molecule has 0 saturated heterocycles. The number of benzene rings is 2. The van der Waals surface area contributed by atoms with Crippen LogP contribution in [0, 0.1) is 0 Å². The Morgan fingerprint density at radius 2 is 1.75 bits per heavy atom. The van der Waals surface area contributed by atoms with Gasteiger partial charge in [-0.05, 0) is 54.7 Å². The fourth-order valence-electron chi connectivity index (χ4n) is 3.42. The number of aryl methyl sites for hydroxylation is 2. The van der Waals surface area contributed by atoms with E-state index in [1.807, 2.05) is 18.2 Å². The lowest BCUT2D eigenvalue weighted by Crippen LogP contribution is -2.15. The van der Waals surface area contributed by atoms with Crippen LogP contribution in [0.15, 0.2) is 36.4 Å². The summed E-state index contributed by atoms with van der Waals surface area (Å²) in [5.41, 5.74) is 4.23. The molecule has 0 bridgehead atoms. The van der Waals surface area contributed by atoms with Gasteiger partial charge in [0.2, 0.25) is 11.8 Å². The highest BCUT2D eigenvalue weighted by molar-refractivity contribution is 6.01. The van der Waals surface area contributed by atoms with Crippen LogP contribution in [0.2, 0.25) is 0 Å². The molecule has 0 heterocycles. The van der Waals surface area contributed by atoms with Gasteiger partial charge < -0.3 is 15.4 Å². The van der Waals surface area contributed by atoms with Gasteiger partial charge in [-0.1, -0.05) is 12.1 Å². The molecule has 0 saturated carbocycles. The summed E-state index contributed by atoms with van der Waals surface area (Å²) in [6, 6.07) is 10.8. The zero-order valence-electron chi connectivity index (χ0n) is 16.1. The summed E-state index contributed by atoms with van der Waals surface area (Å²) in [6.07, 6.45) is 3.43. The third kappa shape index (κ3) is 4.76. The second-order valence-electron chi connectivity index (χ2n) is 6.90. The summed E-state index contributed by atoms with van der Waals surface area (Å²) in [5.74, 6) is -0.0496. The number of nitrogens with one attached hydrogen (secondary N) is 2. The fraction of sp³-hybridized carbons (Fsp3) is 0.318.